The molecule has 0 aliphatic carbocycles. The molecule has 1 aliphatic rings. The lowest BCUT2D eigenvalue weighted by Gasteiger charge is -2.41. The summed E-state index contributed by atoms with van der Waals surface area (Å²) in [5, 5.41) is 10.8. The summed E-state index contributed by atoms with van der Waals surface area (Å²) in [5.74, 6) is 0. The molecule has 3 aromatic carbocycles. The minimum Gasteiger partial charge on any atom is -0.445 e. The number of non-ortho nitro benzene ring substituents is 1. The predicted octanol–water partition coefficient (Wildman–Crippen LogP) is 8.96. The molecule has 7 heteroatoms. The Morgan fingerprint density at radius 3 is 2.04 bits per heavy atom. The number of hydrogen-bond donors (Lipinski definition) is 0. The van der Waals surface area contributed by atoms with Gasteiger partial charge in [-0.1, -0.05) is 100.0 Å². The quantitative estimate of drug-likeness (QED) is 0.123. The number of amides is 1. The first kappa shape index (κ1) is 35.5. The molecule has 0 saturated carbocycles. The Morgan fingerprint density at radius 2 is 1.56 bits per heavy atom. The number of hydrogen-bond acceptors (Lipinski definition) is 5. The van der Waals surface area contributed by atoms with Crippen molar-refractivity contribution < 1.29 is 14.5 Å². The zero-order chi connectivity index (χ0) is 32.9. The Kier molecular flexibility index (Phi) is 13.4. The lowest BCUT2D eigenvalue weighted by Crippen LogP contribution is -2.48. The molecule has 1 saturated heterocycles. The first-order chi connectivity index (χ1) is 21.4. The molecule has 4 rings (SSSR count). The molecule has 3 aromatic rings. The number of piperidine rings is 1. The SMILES string of the molecule is C=CCN(C(=O)OCc1ccc([N+](=O)[O-])cc1)C1CCN(CCC(C)(CC(C)(C)C)c2ccccc2)CC1.Cc1ccccc1. The number of aryl methyl sites for hydroxylation is 1. The van der Waals surface area contributed by atoms with Crippen molar-refractivity contribution in [3.05, 3.63) is 124 Å². The molecule has 0 N–H and O–H groups in total. The van der Waals surface area contributed by atoms with Crippen molar-refractivity contribution in [3.8, 4) is 0 Å². The number of nitrogens with zero attached hydrogens (tertiary/aromatic N) is 3. The molecule has 0 spiro atoms. The molecule has 0 aromatic heterocycles. The van der Waals surface area contributed by atoms with E-state index in [1.165, 1.54) is 23.3 Å². The van der Waals surface area contributed by atoms with Crippen molar-refractivity contribution in [3.63, 3.8) is 0 Å². The maximum absolute atomic E-state index is 12.9. The number of carbonyl (C=O) groups excluding carboxylic acids is 1. The van der Waals surface area contributed by atoms with Crippen LogP contribution in [0.1, 0.15) is 70.1 Å². The maximum atomic E-state index is 12.9. The van der Waals surface area contributed by atoms with E-state index < -0.39 is 4.92 Å². The third-order valence-electron chi connectivity index (χ3n) is 8.38. The van der Waals surface area contributed by atoms with Crippen molar-refractivity contribution in [2.75, 3.05) is 26.2 Å². The molecule has 0 radical (unpaired) electrons. The Morgan fingerprint density at radius 1 is 0.978 bits per heavy atom. The number of nitro benzene ring substituents is 1. The minimum atomic E-state index is -0.444. The average molecular weight is 614 g/mol. The van der Waals surface area contributed by atoms with Gasteiger partial charge in [-0.05, 0) is 73.2 Å². The van der Waals surface area contributed by atoms with Crippen molar-refractivity contribution in [1.29, 1.82) is 0 Å². The zero-order valence-electron chi connectivity index (χ0n) is 27.8. The maximum Gasteiger partial charge on any atom is 0.410 e. The van der Waals surface area contributed by atoms with E-state index in [1.807, 2.05) is 18.2 Å². The molecular weight excluding hydrogens is 562 g/mol. The van der Waals surface area contributed by atoms with E-state index in [-0.39, 0.29) is 35.3 Å². The molecule has 0 bridgehead atoms. The fourth-order valence-corrected chi connectivity index (χ4v) is 6.19. The summed E-state index contributed by atoms with van der Waals surface area (Å²) in [4.78, 5) is 27.6. The Hall–Kier alpha value is -3.97. The standard InChI is InChI=1S/C31H43N3O4.C7H8/c1-6-19-33(29(35)38-23-25-12-14-28(15-13-25)34(36)37)27-16-20-32(21-17-27)22-18-31(5,24-30(2,3)4)26-10-8-7-9-11-26;1-7-5-3-2-4-6-7/h6-15,27H,1,16-24H2,2-5H3;2-6H,1H3. The number of likely N-dealkylation sites (tertiary alicyclic amines) is 1. The van der Waals surface area contributed by atoms with Gasteiger partial charge in [0.25, 0.3) is 5.69 Å². The second kappa shape index (κ2) is 16.9. The lowest BCUT2D eigenvalue weighted by atomic mass is 9.69. The van der Waals surface area contributed by atoms with Crippen LogP contribution in [0.25, 0.3) is 0 Å². The number of nitro groups is 1. The van der Waals surface area contributed by atoms with Crippen molar-refractivity contribution >= 4 is 11.8 Å². The van der Waals surface area contributed by atoms with Crippen LogP contribution in [-0.2, 0) is 16.8 Å². The van der Waals surface area contributed by atoms with Crippen LogP contribution in [0.4, 0.5) is 10.5 Å². The third kappa shape index (κ3) is 11.8. The van der Waals surface area contributed by atoms with Gasteiger partial charge in [0, 0.05) is 37.8 Å². The van der Waals surface area contributed by atoms with E-state index in [0.29, 0.717) is 12.1 Å². The van der Waals surface area contributed by atoms with Gasteiger partial charge in [-0.25, -0.2) is 4.79 Å². The minimum absolute atomic E-state index is 0.0163. The number of carbonyl (C=O) groups is 1. The Labute approximate surface area is 270 Å². The average Bonchev–Trinajstić information content (AvgIpc) is 3.02. The first-order valence-corrected chi connectivity index (χ1v) is 16.0. The first-order valence-electron chi connectivity index (χ1n) is 16.0. The highest BCUT2D eigenvalue weighted by Gasteiger charge is 2.33. The highest BCUT2D eigenvalue weighted by Crippen LogP contribution is 2.39. The van der Waals surface area contributed by atoms with Gasteiger partial charge in [0.2, 0.25) is 0 Å². The Bertz CT molecular complexity index is 1330. The van der Waals surface area contributed by atoms with E-state index in [9.17, 15) is 14.9 Å². The molecule has 1 aliphatic heterocycles. The summed E-state index contributed by atoms with van der Waals surface area (Å²) in [5.41, 5.74) is 3.79. The molecule has 1 amide bonds. The fraction of sp³-hybridized carbons (Fsp3) is 0.447. The molecule has 1 atom stereocenters. The molecular formula is C38H51N3O4. The van der Waals surface area contributed by atoms with Crippen LogP contribution in [0.15, 0.2) is 97.6 Å². The van der Waals surface area contributed by atoms with E-state index >= 15 is 0 Å². The van der Waals surface area contributed by atoms with E-state index in [2.05, 4.69) is 88.6 Å². The van der Waals surface area contributed by atoms with Gasteiger partial charge in [-0.3, -0.25) is 10.1 Å². The van der Waals surface area contributed by atoms with Crippen LogP contribution in [0.5, 0.6) is 0 Å². The summed E-state index contributed by atoms with van der Waals surface area (Å²) in [6, 6.07) is 27.3. The topological polar surface area (TPSA) is 75.9 Å². The van der Waals surface area contributed by atoms with Gasteiger partial charge in [-0.15, -0.1) is 6.58 Å². The highest BCUT2D eigenvalue weighted by atomic mass is 16.6. The van der Waals surface area contributed by atoms with Crippen molar-refractivity contribution in [2.45, 2.75) is 78.4 Å². The van der Waals surface area contributed by atoms with E-state index in [4.69, 9.17) is 4.74 Å². The number of benzene rings is 3. The highest BCUT2D eigenvalue weighted by molar-refractivity contribution is 5.68. The van der Waals surface area contributed by atoms with Gasteiger partial charge in [0.15, 0.2) is 0 Å². The van der Waals surface area contributed by atoms with Gasteiger partial charge in [-0.2, -0.15) is 0 Å². The predicted molar refractivity (Wildman–Crippen MR) is 183 cm³/mol. The Balaban J connectivity index is 0.000000693. The van der Waals surface area contributed by atoms with E-state index in [0.717, 1.165) is 45.3 Å². The summed E-state index contributed by atoms with van der Waals surface area (Å²) < 4.78 is 5.57. The van der Waals surface area contributed by atoms with Crippen molar-refractivity contribution in [2.24, 2.45) is 5.41 Å². The van der Waals surface area contributed by atoms with Crippen molar-refractivity contribution in [1.82, 2.24) is 9.80 Å². The molecule has 242 valence electrons. The van der Waals surface area contributed by atoms with Crippen LogP contribution < -0.4 is 0 Å². The summed E-state index contributed by atoms with van der Waals surface area (Å²) in [6.45, 7) is 18.7. The second-order valence-corrected chi connectivity index (χ2v) is 13.6. The number of rotatable bonds is 11. The van der Waals surface area contributed by atoms with Gasteiger partial charge < -0.3 is 14.5 Å². The molecule has 1 fully saturated rings. The largest absolute Gasteiger partial charge is 0.445 e. The number of ether oxygens (including phenoxy) is 1. The van der Waals surface area contributed by atoms with Gasteiger partial charge in [0.1, 0.15) is 6.61 Å². The van der Waals surface area contributed by atoms with Crippen LogP contribution >= 0.6 is 0 Å². The third-order valence-corrected chi connectivity index (χ3v) is 8.38. The molecule has 7 nitrogen and oxygen atoms in total. The smallest absolute Gasteiger partial charge is 0.410 e. The zero-order valence-corrected chi connectivity index (χ0v) is 27.8. The summed E-state index contributed by atoms with van der Waals surface area (Å²) >= 11 is 0. The summed E-state index contributed by atoms with van der Waals surface area (Å²) in [7, 11) is 0. The monoisotopic (exact) mass is 613 g/mol. The van der Waals surface area contributed by atoms with Crippen LogP contribution in [0.2, 0.25) is 0 Å². The molecule has 45 heavy (non-hydrogen) atoms. The normalized spacial score (nSPS) is 15.2. The van der Waals surface area contributed by atoms with Crippen LogP contribution in [0, 0.1) is 22.5 Å². The second-order valence-electron chi connectivity index (χ2n) is 13.6. The summed E-state index contributed by atoms with van der Waals surface area (Å²) in [6.07, 6.45) is 5.35. The van der Waals surface area contributed by atoms with Gasteiger partial charge in [0.05, 0.1) is 4.92 Å². The van der Waals surface area contributed by atoms with Gasteiger partial charge >= 0.3 is 6.09 Å². The lowest BCUT2D eigenvalue weighted by molar-refractivity contribution is -0.384. The molecule has 1 unspecified atom stereocenters. The molecule has 1 heterocycles. The van der Waals surface area contributed by atoms with Crippen LogP contribution in [-0.4, -0.2) is 53.0 Å². The van der Waals surface area contributed by atoms with E-state index in [1.54, 1.807) is 23.1 Å². The fourth-order valence-electron chi connectivity index (χ4n) is 6.19. The van der Waals surface area contributed by atoms with Crippen LogP contribution in [0.3, 0.4) is 0 Å².